The van der Waals surface area contributed by atoms with Crippen molar-refractivity contribution >= 4 is 6.08 Å². The summed E-state index contributed by atoms with van der Waals surface area (Å²) in [5.41, 5.74) is 1.39. The van der Waals surface area contributed by atoms with Crippen molar-refractivity contribution < 1.29 is 27.4 Å². The van der Waals surface area contributed by atoms with Gasteiger partial charge in [0.2, 0.25) is 0 Å². The predicted molar refractivity (Wildman–Crippen MR) is 132 cm³/mol. The number of rotatable bonds is 6. The molecule has 2 aliphatic carbocycles. The van der Waals surface area contributed by atoms with E-state index in [1.807, 2.05) is 6.08 Å². The first-order valence-electron chi connectivity index (χ1n) is 13.3. The van der Waals surface area contributed by atoms with Crippen molar-refractivity contribution in [3.63, 3.8) is 0 Å². The predicted octanol–water partition coefficient (Wildman–Crippen LogP) is 7.96. The highest BCUT2D eigenvalue weighted by Crippen LogP contribution is 2.42. The number of allylic oxidation sites excluding steroid dienone is 1. The van der Waals surface area contributed by atoms with Gasteiger partial charge in [-0.15, -0.1) is 0 Å². The molecule has 36 heavy (non-hydrogen) atoms. The molecule has 3 aliphatic rings. The summed E-state index contributed by atoms with van der Waals surface area (Å²) >= 11 is 0. The number of hydrogen-bond donors (Lipinski definition) is 1. The molecule has 0 bridgehead atoms. The monoisotopic (exact) mass is 502 g/mol. The summed E-state index contributed by atoms with van der Waals surface area (Å²) in [7, 11) is 0. The Morgan fingerprint density at radius 3 is 1.78 bits per heavy atom. The number of epoxide rings is 1. The standard InChI is InChI=1S/C30H34F4O2/c1-17(35)19-8-10-21(11-9-19)24-15-14-23(28(32)29(24)33)20-5-2-18(3-6-20)4-7-22-12-13-25(26-16-36-26)30(34)27(22)31/h4,7,12-15,17-21,26,35H,2-3,5-6,8-11,16H2,1H3/b7-4+. The maximum Gasteiger partial charge on any atom is 0.166 e. The lowest BCUT2D eigenvalue weighted by atomic mass is 9.75. The first-order valence-corrected chi connectivity index (χ1v) is 13.3. The Balaban J connectivity index is 1.20. The number of ether oxygens (including phenoxy) is 1. The van der Waals surface area contributed by atoms with Crippen molar-refractivity contribution in [3.8, 4) is 0 Å². The van der Waals surface area contributed by atoms with Gasteiger partial charge in [0, 0.05) is 11.1 Å². The molecule has 0 radical (unpaired) electrons. The molecular formula is C30H34F4O2. The molecule has 1 saturated heterocycles. The minimum atomic E-state index is -0.857. The minimum Gasteiger partial charge on any atom is -0.393 e. The normalized spacial score (nSPS) is 29.4. The van der Waals surface area contributed by atoms with Gasteiger partial charge < -0.3 is 9.84 Å². The van der Waals surface area contributed by atoms with E-state index in [0.29, 0.717) is 17.7 Å². The zero-order chi connectivity index (χ0) is 25.4. The molecule has 194 valence electrons. The van der Waals surface area contributed by atoms with Gasteiger partial charge in [-0.05, 0) is 93.1 Å². The molecule has 2 aromatic rings. The Kier molecular flexibility index (Phi) is 7.55. The Labute approximate surface area is 210 Å². The van der Waals surface area contributed by atoms with Gasteiger partial charge in [-0.25, -0.2) is 17.6 Å². The number of halogens is 4. The van der Waals surface area contributed by atoms with E-state index in [9.17, 15) is 13.9 Å². The highest BCUT2D eigenvalue weighted by atomic mass is 19.2. The molecule has 1 aliphatic heterocycles. The zero-order valence-electron chi connectivity index (χ0n) is 20.7. The maximum atomic E-state index is 15.1. The lowest BCUT2D eigenvalue weighted by Crippen LogP contribution is -2.23. The largest absolute Gasteiger partial charge is 0.393 e. The van der Waals surface area contributed by atoms with Gasteiger partial charge in [0.25, 0.3) is 0 Å². The van der Waals surface area contributed by atoms with E-state index < -0.39 is 23.3 Å². The number of aliphatic hydroxyl groups is 1. The average Bonchev–Trinajstić information content (AvgIpc) is 3.72. The third kappa shape index (κ3) is 5.26. The highest BCUT2D eigenvalue weighted by Gasteiger charge is 2.31. The molecule has 5 rings (SSSR count). The van der Waals surface area contributed by atoms with Crippen LogP contribution in [-0.4, -0.2) is 17.8 Å². The third-order valence-electron chi connectivity index (χ3n) is 8.62. The molecule has 3 fully saturated rings. The van der Waals surface area contributed by atoms with Crippen molar-refractivity contribution in [2.75, 3.05) is 6.61 Å². The fourth-order valence-electron chi connectivity index (χ4n) is 6.17. The fraction of sp³-hybridized carbons (Fsp3) is 0.533. The summed E-state index contributed by atoms with van der Waals surface area (Å²) in [6, 6.07) is 6.68. The van der Waals surface area contributed by atoms with Crippen molar-refractivity contribution in [2.24, 2.45) is 11.8 Å². The quantitative estimate of drug-likeness (QED) is 0.321. The van der Waals surface area contributed by atoms with Crippen LogP contribution in [0.2, 0.25) is 0 Å². The molecule has 2 aromatic carbocycles. The molecule has 0 spiro atoms. The topological polar surface area (TPSA) is 32.8 Å². The minimum absolute atomic E-state index is 0.000484. The van der Waals surface area contributed by atoms with Crippen molar-refractivity contribution in [1.82, 2.24) is 0 Å². The van der Waals surface area contributed by atoms with Crippen LogP contribution < -0.4 is 0 Å². The average molecular weight is 503 g/mol. The fourth-order valence-corrected chi connectivity index (χ4v) is 6.17. The molecule has 2 atom stereocenters. The molecule has 2 saturated carbocycles. The van der Waals surface area contributed by atoms with E-state index >= 15 is 8.78 Å². The van der Waals surface area contributed by atoms with Crippen LogP contribution in [-0.2, 0) is 4.74 Å². The summed E-state index contributed by atoms with van der Waals surface area (Å²) in [5.74, 6) is -2.76. The second-order valence-electron chi connectivity index (χ2n) is 10.9. The first kappa shape index (κ1) is 25.5. The summed E-state index contributed by atoms with van der Waals surface area (Å²) < 4.78 is 64.0. The zero-order valence-corrected chi connectivity index (χ0v) is 20.7. The van der Waals surface area contributed by atoms with Gasteiger partial charge in [-0.1, -0.05) is 36.4 Å². The van der Waals surface area contributed by atoms with Gasteiger partial charge in [-0.2, -0.15) is 0 Å². The van der Waals surface area contributed by atoms with E-state index in [-0.39, 0.29) is 47.0 Å². The summed E-state index contributed by atoms with van der Waals surface area (Å²) in [6.45, 7) is 2.22. The molecule has 1 heterocycles. The smallest absolute Gasteiger partial charge is 0.166 e. The van der Waals surface area contributed by atoms with Gasteiger partial charge in [0.1, 0.15) is 6.10 Å². The first-order chi connectivity index (χ1) is 17.3. The van der Waals surface area contributed by atoms with Crippen LogP contribution in [0.1, 0.15) is 98.5 Å². The molecule has 0 amide bonds. The molecule has 1 N–H and O–H groups in total. The van der Waals surface area contributed by atoms with Crippen LogP contribution in [0.25, 0.3) is 6.08 Å². The second-order valence-corrected chi connectivity index (χ2v) is 10.9. The number of benzene rings is 2. The van der Waals surface area contributed by atoms with Crippen LogP contribution in [0.15, 0.2) is 30.3 Å². The van der Waals surface area contributed by atoms with Crippen LogP contribution in [0.3, 0.4) is 0 Å². The Bertz CT molecular complexity index is 1110. The molecule has 2 nitrogen and oxygen atoms in total. The molecule has 6 heteroatoms. The molecule has 0 aromatic heterocycles. The highest BCUT2D eigenvalue weighted by molar-refractivity contribution is 5.52. The Morgan fingerprint density at radius 2 is 1.25 bits per heavy atom. The van der Waals surface area contributed by atoms with Gasteiger partial charge in [0.15, 0.2) is 23.3 Å². The SMILES string of the molecule is CC(O)C1CCC(c2ccc(C3CCC(/C=C/c4ccc(C5CO5)c(F)c4F)CC3)c(F)c2F)CC1. The molecule has 2 unspecified atom stereocenters. The van der Waals surface area contributed by atoms with Crippen molar-refractivity contribution in [1.29, 1.82) is 0 Å². The van der Waals surface area contributed by atoms with Crippen molar-refractivity contribution in [2.45, 2.75) is 82.3 Å². The van der Waals surface area contributed by atoms with E-state index in [2.05, 4.69) is 0 Å². The number of hydrogen-bond acceptors (Lipinski definition) is 2. The third-order valence-corrected chi connectivity index (χ3v) is 8.62. The van der Waals surface area contributed by atoms with Crippen LogP contribution >= 0.6 is 0 Å². The van der Waals surface area contributed by atoms with Crippen molar-refractivity contribution in [3.05, 3.63) is 75.9 Å². The van der Waals surface area contributed by atoms with Gasteiger partial charge >= 0.3 is 0 Å². The van der Waals surface area contributed by atoms with E-state index in [4.69, 9.17) is 4.74 Å². The maximum absolute atomic E-state index is 15.1. The number of aliphatic hydroxyl groups excluding tert-OH is 1. The summed E-state index contributed by atoms with van der Waals surface area (Å²) in [6.07, 6.45) is 9.05. The summed E-state index contributed by atoms with van der Waals surface area (Å²) in [4.78, 5) is 0. The summed E-state index contributed by atoms with van der Waals surface area (Å²) in [5, 5.41) is 9.80. The second kappa shape index (κ2) is 10.7. The Morgan fingerprint density at radius 1 is 0.750 bits per heavy atom. The lowest BCUT2D eigenvalue weighted by molar-refractivity contribution is 0.0963. The van der Waals surface area contributed by atoms with E-state index in [0.717, 1.165) is 51.4 Å². The van der Waals surface area contributed by atoms with Crippen LogP contribution in [0, 0.1) is 35.1 Å². The Hall–Kier alpha value is -2.18. The molecular weight excluding hydrogens is 468 g/mol. The van der Waals surface area contributed by atoms with E-state index in [1.165, 1.54) is 0 Å². The lowest BCUT2D eigenvalue weighted by Gasteiger charge is -2.31. The van der Waals surface area contributed by atoms with E-state index in [1.54, 1.807) is 37.3 Å². The van der Waals surface area contributed by atoms with Gasteiger partial charge in [-0.3, -0.25) is 0 Å². The van der Waals surface area contributed by atoms with Crippen LogP contribution in [0.5, 0.6) is 0 Å². The van der Waals surface area contributed by atoms with Gasteiger partial charge in [0.05, 0.1) is 12.7 Å². The van der Waals surface area contributed by atoms with Crippen LogP contribution in [0.4, 0.5) is 17.6 Å².